The third kappa shape index (κ3) is 3.73. The average molecular weight is 405 g/mol. The number of amides is 1. The molecule has 0 aliphatic rings. The van der Waals surface area contributed by atoms with Crippen LogP contribution in [0.25, 0.3) is 22.4 Å². The van der Waals surface area contributed by atoms with E-state index < -0.39 is 0 Å². The molecule has 0 spiro atoms. The Hall–Kier alpha value is -3.75. The van der Waals surface area contributed by atoms with Crippen molar-refractivity contribution < 1.29 is 9.53 Å². The molecule has 1 aromatic carbocycles. The first kappa shape index (κ1) is 19.6. The van der Waals surface area contributed by atoms with E-state index in [-0.39, 0.29) is 18.5 Å². The van der Waals surface area contributed by atoms with Crippen LogP contribution in [0.5, 0.6) is 5.75 Å². The maximum Gasteiger partial charge on any atom is 0.253 e. The lowest BCUT2D eigenvalue weighted by Gasteiger charge is -2.09. The Morgan fingerprint density at radius 3 is 2.70 bits per heavy atom. The minimum Gasteiger partial charge on any atom is -0.497 e. The highest BCUT2D eigenvalue weighted by Gasteiger charge is 2.16. The molecule has 0 unspecified atom stereocenters. The summed E-state index contributed by atoms with van der Waals surface area (Å²) in [5.74, 6) is 1.67. The number of hydrogen-bond donors (Lipinski definition) is 2. The first-order chi connectivity index (χ1) is 14.5. The van der Waals surface area contributed by atoms with Crippen molar-refractivity contribution in [2.45, 2.75) is 33.4 Å². The minimum atomic E-state index is -0.221. The molecular weight excluding hydrogens is 382 g/mol. The molecule has 4 aromatic rings. The number of aryl methyl sites for hydroxylation is 1. The van der Waals surface area contributed by atoms with Gasteiger partial charge in [-0.3, -0.25) is 9.89 Å². The summed E-state index contributed by atoms with van der Waals surface area (Å²) in [7, 11) is 1.62. The molecular formula is C21H23N7O2. The van der Waals surface area contributed by atoms with E-state index in [0.29, 0.717) is 22.9 Å². The maximum atomic E-state index is 12.7. The summed E-state index contributed by atoms with van der Waals surface area (Å²) in [5.41, 5.74) is 2.80. The number of aromatic amines is 1. The Morgan fingerprint density at radius 1 is 1.23 bits per heavy atom. The summed E-state index contributed by atoms with van der Waals surface area (Å²) < 4.78 is 7.01. The van der Waals surface area contributed by atoms with Crippen LogP contribution in [-0.4, -0.2) is 43.0 Å². The number of nitrogens with zero attached hydrogens (tertiary/aromatic N) is 5. The van der Waals surface area contributed by atoms with Crippen molar-refractivity contribution in [3.63, 3.8) is 0 Å². The van der Waals surface area contributed by atoms with Gasteiger partial charge in [0.1, 0.15) is 11.6 Å². The van der Waals surface area contributed by atoms with Gasteiger partial charge in [-0.1, -0.05) is 0 Å². The Morgan fingerprint density at radius 2 is 2.00 bits per heavy atom. The van der Waals surface area contributed by atoms with Gasteiger partial charge in [0.05, 0.1) is 31.1 Å². The summed E-state index contributed by atoms with van der Waals surface area (Å²) in [6.45, 7) is 6.14. The maximum absolute atomic E-state index is 12.7. The molecule has 0 fully saturated rings. The molecule has 0 aliphatic heterocycles. The molecule has 3 heterocycles. The van der Waals surface area contributed by atoms with Crippen molar-refractivity contribution in [2.24, 2.45) is 0 Å². The molecule has 2 N–H and O–H groups in total. The topological polar surface area (TPSA) is 111 Å². The van der Waals surface area contributed by atoms with Gasteiger partial charge in [0.2, 0.25) is 0 Å². The van der Waals surface area contributed by atoms with Crippen LogP contribution in [-0.2, 0) is 6.54 Å². The monoisotopic (exact) mass is 405 g/mol. The van der Waals surface area contributed by atoms with E-state index in [1.807, 2.05) is 55.8 Å². The van der Waals surface area contributed by atoms with Gasteiger partial charge in [-0.2, -0.15) is 10.2 Å². The number of benzene rings is 1. The van der Waals surface area contributed by atoms with Gasteiger partial charge < -0.3 is 10.1 Å². The fraction of sp³-hybridized carbons (Fsp3) is 0.286. The van der Waals surface area contributed by atoms with Gasteiger partial charge in [-0.15, -0.1) is 0 Å². The SMILES string of the molecule is COc1ccc(-c2n[nH]c(CNC(=O)c3cc4cnn(C(C)C)c4nc3C)n2)cc1. The molecule has 4 rings (SSSR count). The van der Waals surface area contributed by atoms with Crippen molar-refractivity contribution >= 4 is 16.9 Å². The van der Waals surface area contributed by atoms with E-state index in [4.69, 9.17) is 4.74 Å². The normalized spacial score (nSPS) is 11.2. The van der Waals surface area contributed by atoms with Crippen LogP contribution in [0.3, 0.4) is 0 Å². The van der Waals surface area contributed by atoms with Gasteiger partial charge in [0.25, 0.3) is 5.91 Å². The van der Waals surface area contributed by atoms with E-state index in [9.17, 15) is 4.79 Å². The van der Waals surface area contributed by atoms with Gasteiger partial charge in [-0.25, -0.2) is 14.6 Å². The fourth-order valence-electron chi connectivity index (χ4n) is 3.18. The predicted molar refractivity (Wildman–Crippen MR) is 112 cm³/mol. The molecule has 30 heavy (non-hydrogen) atoms. The Labute approximate surface area is 173 Å². The van der Waals surface area contributed by atoms with Crippen molar-refractivity contribution in [1.29, 1.82) is 0 Å². The smallest absolute Gasteiger partial charge is 0.253 e. The molecule has 0 bridgehead atoms. The number of aromatic nitrogens is 6. The number of fused-ring (bicyclic) bond motifs is 1. The predicted octanol–water partition coefficient (Wildman–Crippen LogP) is 3.04. The first-order valence-electron chi connectivity index (χ1n) is 9.65. The van der Waals surface area contributed by atoms with Gasteiger partial charge in [0, 0.05) is 17.0 Å². The lowest BCUT2D eigenvalue weighted by Crippen LogP contribution is -2.24. The molecule has 0 atom stereocenters. The van der Waals surface area contributed by atoms with Gasteiger partial charge >= 0.3 is 0 Å². The number of carbonyl (C=O) groups is 1. The zero-order valence-electron chi connectivity index (χ0n) is 17.3. The number of carbonyl (C=O) groups excluding carboxylic acids is 1. The summed E-state index contributed by atoms with van der Waals surface area (Å²) in [6, 6.07) is 9.47. The average Bonchev–Trinajstić information content (AvgIpc) is 3.38. The van der Waals surface area contributed by atoms with E-state index >= 15 is 0 Å². The molecule has 9 heteroatoms. The number of pyridine rings is 1. The van der Waals surface area contributed by atoms with E-state index in [2.05, 4.69) is 30.6 Å². The second-order valence-corrected chi connectivity index (χ2v) is 7.23. The Bertz CT molecular complexity index is 1190. The summed E-state index contributed by atoms with van der Waals surface area (Å²) in [4.78, 5) is 21.7. The lowest BCUT2D eigenvalue weighted by atomic mass is 10.1. The third-order valence-corrected chi connectivity index (χ3v) is 4.79. The Balaban J connectivity index is 1.47. The van der Waals surface area contributed by atoms with Crippen molar-refractivity contribution in [3.05, 3.63) is 53.6 Å². The van der Waals surface area contributed by atoms with Crippen LogP contribution >= 0.6 is 0 Å². The number of hydrogen-bond acceptors (Lipinski definition) is 6. The molecule has 1 amide bonds. The molecule has 9 nitrogen and oxygen atoms in total. The van der Waals surface area contributed by atoms with Crippen LogP contribution in [0.2, 0.25) is 0 Å². The summed E-state index contributed by atoms with van der Waals surface area (Å²) in [6.07, 6.45) is 1.73. The van der Waals surface area contributed by atoms with Gasteiger partial charge in [0.15, 0.2) is 11.5 Å². The van der Waals surface area contributed by atoms with Crippen LogP contribution in [0.1, 0.15) is 41.8 Å². The number of methoxy groups -OCH3 is 1. The largest absolute Gasteiger partial charge is 0.497 e. The van der Waals surface area contributed by atoms with Crippen molar-refractivity contribution in [1.82, 2.24) is 35.3 Å². The standard InChI is InChI=1S/C21H23N7O2/c1-12(2)28-20-15(10-23-28)9-17(13(3)24-20)21(29)22-11-18-25-19(27-26-18)14-5-7-16(30-4)8-6-14/h5-10,12H,11H2,1-4H3,(H,22,29)(H,25,26,27). The molecule has 0 radical (unpaired) electrons. The number of ether oxygens (including phenoxy) is 1. The van der Waals surface area contributed by atoms with E-state index in [0.717, 1.165) is 22.3 Å². The highest BCUT2D eigenvalue weighted by molar-refractivity contribution is 5.98. The summed E-state index contributed by atoms with van der Waals surface area (Å²) in [5, 5.41) is 15.2. The highest BCUT2D eigenvalue weighted by Crippen LogP contribution is 2.20. The minimum absolute atomic E-state index is 0.195. The third-order valence-electron chi connectivity index (χ3n) is 4.79. The lowest BCUT2D eigenvalue weighted by molar-refractivity contribution is 0.0949. The number of nitrogens with one attached hydrogen (secondary N) is 2. The first-order valence-corrected chi connectivity index (χ1v) is 9.65. The molecule has 0 saturated carbocycles. The van der Waals surface area contributed by atoms with Crippen molar-refractivity contribution in [2.75, 3.05) is 7.11 Å². The number of rotatable bonds is 6. The zero-order valence-corrected chi connectivity index (χ0v) is 17.3. The van der Waals surface area contributed by atoms with Crippen LogP contribution in [0.15, 0.2) is 36.5 Å². The molecule has 3 aromatic heterocycles. The quantitative estimate of drug-likeness (QED) is 0.510. The Kier molecular flexibility index (Phi) is 5.18. The second-order valence-electron chi connectivity index (χ2n) is 7.23. The second kappa shape index (κ2) is 7.94. The molecule has 0 aliphatic carbocycles. The van der Waals surface area contributed by atoms with Crippen molar-refractivity contribution in [3.8, 4) is 17.1 Å². The number of H-pyrrole nitrogens is 1. The van der Waals surface area contributed by atoms with E-state index in [1.165, 1.54) is 0 Å². The molecule has 0 saturated heterocycles. The van der Waals surface area contributed by atoms with Gasteiger partial charge in [-0.05, 0) is 51.1 Å². The van der Waals surface area contributed by atoms with E-state index in [1.54, 1.807) is 13.3 Å². The van der Waals surface area contributed by atoms with Crippen LogP contribution in [0, 0.1) is 6.92 Å². The van der Waals surface area contributed by atoms with Crippen LogP contribution < -0.4 is 10.1 Å². The fourth-order valence-corrected chi connectivity index (χ4v) is 3.18. The summed E-state index contributed by atoms with van der Waals surface area (Å²) >= 11 is 0. The van der Waals surface area contributed by atoms with Crippen LogP contribution in [0.4, 0.5) is 0 Å². The zero-order chi connectivity index (χ0) is 21.3. The highest BCUT2D eigenvalue weighted by atomic mass is 16.5. The molecule has 154 valence electrons.